The molecule has 268 valence electrons. The van der Waals surface area contributed by atoms with E-state index in [0.29, 0.717) is 37.9 Å². The first-order valence-electron chi connectivity index (χ1n) is 16.8. The molecule has 50 heavy (non-hydrogen) atoms. The van der Waals surface area contributed by atoms with Gasteiger partial charge in [0.15, 0.2) is 23.0 Å². The topological polar surface area (TPSA) is 184 Å². The van der Waals surface area contributed by atoms with E-state index in [1.165, 1.54) is 12.0 Å². The van der Waals surface area contributed by atoms with Crippen molar-refractivity contribution in [3.8, 4) is 23.0 Å². The molecule has 2 saturated heterocycles. The van der Waals surface area contributed by atoms with Crippen molar-refractivity contribution in [3.63, 3.8) is 0 Å². The highest BCUT2D eigenvalue weighted by Crippen LogP contribution is 2.60. The molecule has 2 unspecified atom stereocenters. The van der Waals surface area contributed by atoms with Crippen molar-refractivity contribution in [1.82, 2.24) is 10.2 Å². The second kappa shape index (κ2) is 14.3. The van der Waals surface area contributed by atoms with E-state index in [0.717, 1.165) is 16.8 Å². The van der Waals surface area contributed by atoms with Gasteiger partial charge in [0, 0.05) is 30.5 Å². The monoisotopic (exact) mass is 689 g/mol. The highest BCUT2D eigenvalue weighted by atomic mass is 16.5. The zero-order valence-corrected chi connectivity index (χ0v) is 29.3. The lowest BCUT2D eigenvalue weighted by atomic mass is 9.84. The van der Waals surface area contributed by atoms with Crippen molar-refractivity contribution in [3.05, 3.63) is 65.2 Å². The van der Waals surface area contributed by atoms with E-state index in [4.69, 9.17) is 0 Å². The Labute approximate surface area is 291 Å². The van der Waals surface area contributed by atoms with Crippen molar-refractivity contribution in [2.75, 3.05) is 36.2 Å². The van der Waals surface area contributed by atoms with Crippen molar-refractivity contribution in [2.24, 2.45) is 0 Å². The minimum atomic E-state index is -0.859. The number of methoxy groups -OCH3 is 1. The fraction of sp³-hybridized carbons (Fsp3) is 0.432. The van der Waals surface area contributed by atoms with E-state index in [-0.39, 0.29) is 29.1 Å². The first-order valence-corrected chi connectivity index (χ1v) is 16.8. The Morgan fingerprint density at radius 2 is 1.34 bits per heavy atom. The number of benzene rings is 3. The number of aromatic hydroxyl groups is 4. The summed E-state index contributed by atoms with van der Waals surface area (Å²) in [6.07, 6.45) is 1.65. The van der Waals surface area contributed by atoms with E-state index in [2.05, 4.69) is 20.7 Å². The van der Waals surface area contributed by atoms with Gasteiger partial charge in [-0.1, -0.05) is 45.0 Å². The van der Waals surface area contributed by atoms with Crippen LogP contribution in [0.25, 0.3) is 0 Å². The number of likely N-dealkylation sites (tertiary alicyclic amines) is 1. The third kappa shape index (κ3) is 6.89. The van der Waals surface area contributed by atoms with E-state index >= 15 is 0 Å². The molecule has 2 aliphatic heterocycles. The summed E-state index contributed by atoms with van der Waals surface area (Å²) in [5.74, 6) is -2.76. The van der Waals surface area contributed by atoms with Crippen LogP contribution >= 0.6 is 0 Å². The van der Waals surface area contributed by atoms with Gasteiger partial charge < -0.3 is 50.9 Å². The summed E-state index contributed by atoms with van der Waals surface area (Å²) in [5, 5.41) is 53.7. The van der Waals surface area contributed by atoms with E-state index in [1.807, 2.05) is 48.3 Å². The Balaban J connectivity index is 1.44. The van der Waals surface area contributed by atoms with Crippen LogP contribution in [0, 0.1) is 0 Å². The van der Waals surface area contributed by atoms with Gasteiger partial charge in [0.1, 0.15) is 17.8 Å². The maximum absolute atomic E-state index is 13.4. The molecular formula is C37H47N5O8. The third-order valence-corrected chi connectivity index (χ3v) is 9.64. The second-order valence-corrected chi connectivity index (χ2v) is 13.9. The fourth-order valence-electron chi connectivity index (χ4n) is 7.15. The van der Waals surface area contributed by atoms with Gasteiger partial charge in [0.25, 0.3) is 0 Å². The standard InChI is InChI=1S/C37H47N5O8/c1-20(39-36(49)50-6)35(48)41-19-7-8-27(41)34(47)40-24-15-11-22(12-16-24)26-18-17-25(21-9-13-23(38-5)14-10-21)42(26)29-32(45)30(43)28(37(2,3)4)31(44)33(29)46/h9-16,20,25-27,38,43-46H,7-8,17-19H2,1-6H3,(H,39,49)(H,40,47)/t20-,25-,26?,27?/m0/s1. The summed E-state index contributed by atoms with van der Waals surface area (Å²) < 4.78 is 4.59. The maximum Gasteiger partial charge on any atom is 0.407 e. The maximum atomic E-state index is 13.4. The van der Waals surface area contributed by atoms with Gasteiger partial charge in [-0.15, -0.1) is 0 Å². The van der Waals surface area contributed by atoms with Crippen LogP contribution in [-0.2, 0) is 19.7 Å². The molecule has 2 aliphatic rings. The third-order valence-electron chi connectivity index (χ3n) is 9.64. The van der Waals surface area contributed by atoms with Crippen LogP contribution in [0.3, 0.4) is 0 Å². The van der Waals surface area contributed by atoms with Crippen LogP contribution in [0.5, 0.6) is 23.0 Å². The Bertz CT molecular complexity index is 1710. The quantitative estimate of drug-likeness (QED) is 0.116. The van der Waals surface area contributed by atoms with Crippen LogP contribution in [0.1, 0.15) is 82.2 Å². The second-order valence-electron chi connectivity index (χ2n) is 13.9. The molecule has 2 fully saturated rings. The molecular weight excluding hydrogens is 642 g/mol. The Morgan fingerprint density at radius 3 is 1.82 bits per heavy atom. The van der Waals surface area contributed by atoms with Gasteiger partial charge >= 0.3 is 6.09 Å². The molecule has 0 saturated carbocycles. The lowest BCUT2D eigenvalue weighted by molar-refractivity contribution is -0.137. The number of alkyl carbamates (subject to hydrolysis) is 1. The minimum absolute atomic E-state index is 0.0405. The van der Waals surface area contributed by atoms with Crippen molar-refractivity contribution < 1.29 is 39.5 Å². The van der Waals surface area contributed by atoms with E-state index in [9.17, 15) is 34.8 Å². The van der Waals surface area contributed by atoms with Crippen LogP contribution in [0.15, 0.2) is 48.5 Å². The number of carbonyl (C=O) groups excluding carboxylic acids is 3. The summed E-state index contributed by atoms with van der Waals surface area (Å²) >= 11 is 0. The molecule has 13 nitrogen and oxygen atoms in total. The number of nitrogens with zero attached hydrogens (tertiary/aromatic N) is 2. The van der Waals surface area contributed by atoms with Crippen LogP contribution < -0.4 is 20.9 Å². The Hall–Kier alpha value is -5.33. The number of hydrogen-bond acceptors (Lipinski definition) is 10. The molecule has 3 amide bonds. The molecule has 0 bridgehead atoms. The molecule has 0 aromatic heterocycles. The van der Waals surface area contributed by atoms with Crippen LogP contribution in [-0.4, -0.2) is 76.0 Å². The number of phenols is 4. The predicted molar refractivity (Wildman–Crippen MR) is 190 cm³/mol. The molecule has 4 atom stereocenters. The average molecular weight is 690 g/mol. The van der Waals surface area contributed by atoms with Gasteiger partial charge in [-0.05, 0) is 73.4 Å². The number of carbonyl (C=O) groups is 3. The number of rotatable bonds is 8. The Kier molecular flexibility index (Phi) is 10.3. The molecule has 7 N–H and O–H groups in total. The molecule has 3 aromatic rings. The largest absolute Gasteiger partial charge is 0.504 e. The van der Waals surface area contributed by atoms with Crippen LogP contribution in [0.2, 0.25) is 0 Å². The van der Waals surface area contributed by atoms with Crippen molar-refractivity contribution >= 4 is 35.0 Å². The van der Waals surface area contributed by atoms with Crippen molar-refractivity contribution in [1.29, 1.82) is 0 Å². The number of amides is 3. The minimum Gasteiger partial charge on any atom is -0.504 e. The van der Waals surface area contributed by atoms with Crippen LogP contribution in [0.4, 0.5) is 21.9 Å². The van der Waals surface area contributed by atoms with Gasteiger partial charge in [-0.3, -0.25) is 9.59 Å². The smallest absolute Gasteiger partial charge is 0.407 e. The summed E-state index contributed by atoms with van der Waals surface area (Å²) in [7, 11) is 3.04. The molecule has 3 aromatic carbocycles. The lowest BCUT2D eigenvalue weighted by Gasteiger charge is -2.35. The summed E-state index contributed by atoms with van der Waals surface area (Å²) in [6, 6.07) is 12.7. The Morgan fingerprint density at radius 1 is 0.820 bits per heavy atom. The molecule has 0 spiro atoms. The number of ether oxygens (including phenoxy) is 1. The highest BCUT2D eigenvalue weighted by Gasteiger charge is 2.42. The summed E-state index contributed by atoms with van der Waals surface area (Å²) in [5.41, 5.74) is 2.35. The first kappa shape index (κ1) is 36.0. The SMILES string of the molecule is CNc1ccc([C@@H]2CCC(c3ccc(NC(=O)C4CCCN4C(=O)[C@H](C)NC(=O)OC)cc3)N2c2c(O)c(O)c(C(C)(C)C)c(O)c2O)cc1. The average Bonchev–Trinajstić information content (AvgIpc) is 3.75. The summed E-state index contributed by atoms with van der Waals surface area (Å²) in [6.45, 7) is 7.21. The number of hydrogen-bond donors (Lipinski definition) is 7. The van der Waals surface area contributed by atoms with Gasteiger partial charge in [0.2, 0.25) is 11.8 Å². The highest BCUT2D eigenvalue weighted by molar-refractivity contribution is 5.98. The molecule has 0 radical (unpaired) electrons. The number of anilines is 3. The fourth-order valence-corrected chi connectivity index (χ4v) is 7.15. The molecule has 0 aliphatic carbocycles. The van der Waals surface area contributed by atoms with E-state index in [1.54, 1.807) is 39.8 Å². The summed E-state index contributed by atoms with van der Waals surface area (Å²) in [4.78, 5) is 41.3. The number of phenolic OH excluding ortho intramolecular Hbond substituents is 4. The first-order chi connectivity index (χ1) is 23.7. The van der Waals surface area contributed by atoms with Gasteiger partial charge in [0.05, 0.1) is 19.2 Å². The van der Waals surface area contributed by atoms with Crippen molar-refractivity contribution in [2.45, 2.75) is 83.0 Å². The van der Waals surface area contributed by atoms with Gasteiger partial charge in [-0.25, -0.2) is 4.79 Å². The lowest BCUT2D eigenvalue weighted by Crippen LogP contribution is -2.51. The van der Waals surface area contributed by atoms with E-state index < -0.39 is 52.6 Å². The molecule has 5 rings (SSSR count). The van der Waals surface area contributed by atoms with Gasteiger partial charge in [-0.2, -0.15) is 0 Å². The number of nitrogens with one attached hydrogen (secondary N) is 3. The molecule has 13 heteroatoms. The predicted octanol–water partition coefficient (Wildman–Crippen LogP) is 5.61. The zero-order chi connectivity index (χ0) is 36.5. The zero-order valence-electron chi connectivity index (χ0n) is 29.3. The normalized spacial score (nSPS) is 19.6. The molecule has 2 heterocycles.